The first kappa shape index (κ1) is 40.2. The number of aliphatic hydroxyl groups excluding tert-OH is 2. The van der Waals surface area contributed by atoms with E-state index in [9.17, 15) is 24.6 Å². The number of benzene rings is 3. The monoisotopic (exact) mass is 755 g/mol. The number of amides is 3. The van der Waals surface area contributed by atoms with Gasteiger partial charge in [0.15, 0.2) is 0 Å². The van der Waals surface area contributed by atoms with Gasteiger partial charge in [0.2, 0.25) is 11.8 Å². The molecule has 2 bridgehead atoms. The van der Waals surface area contributed by atoms with E-state index in [0.29, 0.717) is 45.8 Å². The molecule has 3 aromatic carbocycles. The van der Waals surface area contributed by atoms with Crippen LogP contribution in [0.4, 0.5) is 5.69 Å². The third-order valence-corrected chi connectivity index (χ3v) is 12.6. The number of hydrogen-bond donors (Lipinski definition) is 5. The second-order valence-corrected chi connectivity index (χ2v) is 16.5. The molecule has 3 amide bonds. The number of methoxy groups -OCH3 is 1. The van der Waals surface area contributed by atoms with Gasteiger partial charge < -0.3 is 36.2 Å². The summed E-state index contributed by atoms with van der Waals surface area (Å²) in [6, 6.07) is 18.7. The van der Waals surface area contributed by atoms with Crippen LogP contribution < -0.4 is 26.0 Å². The van der Waals surface area contributed by atoms with Crippen molar-refractivity contribution in [3.63, 3.8) is 0 Å². The Morgan fingerprint density at radius 3 is 2.40 bits per heavy atom. The molecule has 7 rings (SSSR count). The van der Waals surface area contributed by atoms with Gasteiger partial charge >= 0.3 is 0 Å². The normalized spacial score (nSPS) is 26.7. The van der Waals surface area contributed by atoms with Gasteiger partial charge in [0, 0.05) is 54.9 Å². The Kier molecular flexibility index (Phi) is 11.9. The number of hydroxylamine groups is 2. The molecule has 0 spiro atoms. The second-order valence-electron chi connectivity index (χ2n) is 16.5. The van der Waals surface area contributed by atoms with Crippen molar-refractivity contribution in [3.8, 4) is 16.9 Å². The topological polar surface area (TPSA) is 167 Å². The van der Waals surface area contributed by atoms with E-state index in [1.807, 2.05) is 73.6 Å². The number of carbonyl (C=O) groups excluding carboxylic acids is 3. The highest BCUT2D eigenvalue weighted by Crippen LogP contribution is 2.61. The van der Waals surface area contributed by atoms with Crippen LogP contribution in [-0.4, -0.2) is 91.1 Å². The van der Waals surface area contributed by atoms with Gasteiger partial charge in [0.25, 0.3) is 5.91 Å². The van der Waals surface area contributed by atoms with Crippen molar-refractivity contribution in [2.45, 2.75) is 83.8 Å². The maximum Gasteiger partial charge on any atom is 0.252 e. The number of carbonyl (C=O) groups is 3. The molecule has 296 valence electrons. The molecule has 1 heterocycles. The van der Waals surface area contributed by atoms with Crippen LogP contribution in [0.15, 0.2) is 66.7 Å². The SMILES string of the molecule is COc1c(CN2O[C@@H](CO)[C@@H]([C@H](C)O)[C@H]2C(=O)NC2C[C@H]3C[C@@H]([C@@H]2C)C3(C)C)cccc1-c1cc(C(=O)NC(Cc2ccccc2)C(N)=O)cc(N(C)C)c1. The number of aliphatic hydroxyl groups is 2. The van der Waals surface area contributed by atoms with Crippen LogP contribution in [0.1, 0.15) is 62.0 Å². The van der Waals surface area contributed by atoms with Crippen LogP contribution in [0.3, 0.4) is 0 Å². The Hall–Kier alpha value is -4.49. The average molecular weight is 756 g/mol. The molecule has 0 aromatic heterocycles. The molecule has 9 atom stereocenters. The van der Waals surface area contributed by atoms with E-state index in [1.165, 1.54) is 6.42 Å². The van der Waals surface area contributed by atoms with Gasteiger partial charge in [-0.05, 0) is 72.3 Å². The lowest BCUT2D eigenvalue weighted by Gasteiger charge is -2.62. The van der Waals surface area contributed by atoms with Crippen molar-refractivity contribution in [1.82, 2.24) is 15.7 Å². The number of nitrogens with one attached hydrogen (secondary N) is 2. The minimum absolute atomic E-state index is 0.0128. The Labute approximate surface area is 324 Å². The van der Waals surface area contributed by atoms with Crippen molar-refractivity contribution in [2.24, 2.45) is 34.8 Å². The summed E-state index contributed by atoms with van der Waals surface area (Å²) in [4.78, 5) is 48.6. The number of anilines is 1. The Morgan fingerprint density at radius 1 is 1.07 bits per heavy atom. The van der Waals surface area contributed by atoms with Crippen LogP contribution in [0.5, 0.6) is 5.75 Å². The van der Waals surface area contributed by atoms with Crippen LogP contribution in [0.2, 0.25) is 0 Å². The summed E-state index contributed by atoms with van der Waals surface area (Å²) in [6.07, 6.45) is 0.628. The van der Waals surface area contributed by atoms with Gasteiger partial charge in [-0.3, -0.25) is 19.2 Å². The van der Waals surface area contributed by atoms with E-state index in [2.05, 4.69) is 31.4 Å². The van der Waals surface area contributed by atoms with Crippen LogP contribution >= 0.6 is 0 Å². The van der Waals surface area contributed by atoms with Gasteiger partial charge in [-0.25, -0.2) is 0 Å². The fourth-order valence-electron chi connectivity index (χ4n) is 9.30. The average Bonchev–Trinajstić information content (AvgIpc) is 3.53. The number of hydrogen-bond acceptors (Lipinski definition) is 9. The molecular weight excluding hydrogens is 699 g/mol. The number of para-hydroxylation sites is 1. The van der Waals surface area contributed by atoms with Gasteiger partial charge in [-0.15, -0.1) is 0 Å². The lowest BCUT2D eigenvalue weighted by atomic mass is 9.45. The van der Waals surface area contributed by atoms with E-state index in [-0.39, 0.29) is 36.9 Å². The minimum Gasteiger partial charge on any atom is -0.496 e. The fourth-order valence-corrected chi connectivity index (χ4v) is 9.30. The smallest absolute Gasteiger partial charge is 0.252 e. The minimum atomic E-state index is -0.928. The second kappa shape index (κ2) is 16.3. The predicted octanol–water partition coefficient (Wildman–Crippen LogP) is 3.92. The molecular formula is C43H57N5O7. The molecule has 3 aromatic rings. The van der Waals surface area contributed by atoms with E-state index in [4.69, 9.17) is 15.3 Å². The molecule has 1 saturated heterocycles. The number of fused-ring (bicyclic) bond motifs is 2. The summed E-state index contributed by atoms with van der Waals surface area (Å²) in [5.41, 5.74) is 10.0. The zero-order valence-corrected chi connectivity index (χ0v) is 33.0. The summed E-state index contributed by atoms with van der Waals surface area (Å²) in [5.74, 6) is -0.0867. The fraction of sp³-hybridized carbons (Fsp3) is 0.512. The first-order chi connectivity index (χ1) is 26.1. The van der Waals surface area contributed by atoms with Crippen LogP contribution in [-0.2, 0) is 27.4 Å². The molecule has 12 heteroatoms. The summed E-state index contributed by atoms with van der Waals surface area (Å²) in [5, 5.41) is 29.0. The largest absolute Gasteiger partial charge is 0.496 e. The molecule has 2 unspecified atom stereocenters. The maximum atomic E-state index is 14.3. The highest BCUT2D eigenvalue weighted by molar-refractivity contribution is 5.99. The van der Waals surface area contributed by atoms with E-state index in [1.54, 1.807) is 31.2 Å². The zero-order valence-electron chi connectivity index (χ0n) is 33.0. The molecule has 12 nitrogen and oxygen atoms in total. The predicted molar refractivity (Wildman–Crippen MR) is 211 cm³/mol. The highest BCUT2D eigenvalue weighted by Gasteiger charge is 2.57. The van der Waals surface area contributed by atoms with E-state index >= 15 is 0 Å². The molecule has 3 aliphatic carbocycles. The first-order valence-electron chi connectivity index (χ1n) is 19.3. The molecule has 3 saturated carbocycles. The van der Waals surface area contributed by atoms with Crippen LogP contribution in [0.25, 0.3) is 11.1 Å². The number of primary amides is 1. The Bertz CT molecular complexity index is 1870. The van der Waals surface area contributed by atoms with E-state index < -0.39 is 42.0 Å². The number of ether oxygens (including phenoxy) is 1. The van der Waals surface area contributed by atoms with Gasteiger partial charge in [-0.2, -0.15) is 5.06 Å². The maximum absolute atomic E-state index is 14.3. The Balaban J connectivity index is 1.29. The van der Waals surface area contributed by atoms with E-state index in [0.717, 1.165) is 17.7 Å². The summed E-state index contributed by atoms with van der Waals surface area (Å²) in [6.45, 7) is 8.24. The molecule has 55 heavy (non-hydrogen) atoms. The van der Waals surface area contributed by atoms with Crippen molar-refractivity contribution in [3.05, 3.63) is 83.4 Å². The third-order valence-electron chi connectivity index (χ3n) is 12.6. The van der Waals surface area contributed by atoms with Gasteiger partial charge in [0.05, 0.1) is 26.4 Å². The summed E-state index contributed by atoms with van der Waals surface area (Å²) >= 11 is 0. The lowest BCUT2D eigenvalue weighted by Crippen LogP contribution is -2.62. The molecule has 0 radical (unpaired) electrons. The standard InChI is InChI=1S/C43H57N5O7/c1-24-33-20-30(43(33,3)4)21-34(24)45-42(53)38-37(25(2)50)36(23-49)55-48(38)22-27-14-11-15-32(39(27)54-7)28-17-29(19-31(18-28)47(5)6)41(52)46-35(40(44)51)16-26-12-9-8-10-13-26/h8-15,17-19,24-25,30,33-38,49-50H,16,20-23H2,1-7H3,(H2,44,51)(H,45,53)(H,46,52)/t24-,25-,30+,33-,34?,35?,36-,37+,38-/m0/s1. The first-order valence-corrected chi connectivity index (χ1v) is 19.3. The molecule has 1 aliphatic heterocycles. The van der Waals surface area contributed by atoms with Gasteiger partial charge in [-0.1, -0.05) is 69.3 Å². The number of rotatable bonds is 14. The summed E-state index contributed by atoms with van der Waals surface area (Å²) < 4.78 is 6.04. The van der Waals surface area contributed by atoms with Crippen molar-refractivity contribution < 1.29 is 34.2 Å². The Morgan fingerprint density at radius 2 is 1.80 bits per heavy atom. The number of nitrogens with zero attached hydrogens (tertiary/aromatic N) is 2. The van der Waals surface area contributed by atoms with Crippen molar-refractivity contribution in [1.29, 1.82) is 0 Å². The van der Waals surface area contributed by atoms with Crippen molar-refractivity contribution in [2.75, 3.05) is 32.7 Å². The molecule has 4 fully saturated rings. The summed E-state index contributed by atoms with van der Waals surface area (Å²) in [7, 11) is 5.31. The quantitative estimate of drug-likeness (QED) is 0.164. The number of nitrogens with two attached hydrogens (primary N) is 1. The molecule has 4 aliphatic rings. The lowest BCUT2D eigenvalue weighted by molar-refractivity contribution is -0.183. The molecule has 6 N–H and O–H groups in total. The third kappa shape index (κ3) is 8.09. The van der Waals surface area contributed by atoms with Crippen molar-refractivity contribution >= 4 is 23.4 Å². The van der Waals surface area contributed by atoms with Gasteiger partial charge in [0.1, 0.15) is 23.9 Å². The van der Waals surface area contributed by atoms with Crippen LogP contribution in [0, 0.1) is 29.1 Å². The zero-order chi connectivity index (χ0) is 39.8. The highest BCUT2D eigenvalue weighted by atomic mass is 16.7.